The van der Waals surface area contributed by atoms with Crippen molar-refractivity contribution in [3.63, 3.8) is 0 Å². The van der Waals surface area contributed by atoms with Gasteiger partial charge in [0.25, 0.3) is 15.9 Å². The number of hydrogen-bond donors (Lipinski definition) is 1. The highest BCUT2D eigenvalue weighted by molar-refractivity contribution is 7.92. The monoisotopic (exact) mass is 516 g/mol. The Bertz CT molecular complexity index is 1330. The zero-order chi connectivity index (χ0) is 25.2. The zero-order valence-electron chi connectivity index (χ0n) is 19.4. The van der Waals surface area contributed by atoms with E-state index < -0.39 is 28.1 Å². The van der Waals surface area contributed by atoms with Crippen LogP contribution in [0.1, 0.15) is 18.5 Å². The fourth-order valence-corrected chi connectivity index (χ4v) is 5.53. The van der Waals surface area contributed by atoms with E-state index >= 15 is 0 Å². The molecule has 0 saturated heterocycles. The maximum Gasteiger partial charge on any atom is 0.264 e. The molecule has 0 aliphatic carbocycles. The molecule has 0 aromatic heterocycles. The highest BCUT2D eigenvalue weighted by Gasteiger charge is 2.38. The van der Waals surface area contributed by atoms with Gasteiger partial charge in [-0.2, -0.15) is 0 Å². The number of nitrogens with one attached hydrogen (secondary N) is 1. The van der Waals surface area contributed by atoms with Crippen molar-refractivity contribution in [2.24, 2.45) is 0 Å². The molecular weight excluding hydrogens is 492 g/mol. The van der Waals surface area contributed by atoms with Crippen molar-refractivity contribution in [1.29, 1.82) is 0 Å². The molecule has 0 radical (unpaired) electrons. The van der Waals surface area contributed by atoms with Crippen molar-refractivity contribution in [2.45, 2.75) is 24.0 Å². The third-order valence-electron chi connectivity index (χ3n) is 5.68. The van der Waals surface area contributed by atoms with Crippen LogP contribution in [-0.4, -0.2) is 41.2 Å². The summed E-state index contributed by atoms with van der Waals surface area (Å²) in [7, 11) is -0.889. The number of carbonyl (C=O) groups is 1. The van der Waals surface area contributed by atoms with Gasteiger partial charge >= 0.3 is 0 Å². The summed E-state index contributed by atoms with van der Waals surface area (Å²) in [5.74, 6) is 0.960. The van der Waals surface area contributed by atoms with E-state index in [1.54, 1.807) is 69.7 Å². The van der Waals surface area contributed by atoms with E-state index in [1.165, 1.54) is 18.2 Å². The van der Waals surface area contributed by atoms with Gasteiger partial charge in [-0.25, -0.2) is 8.42 Å². The average Bonchev–Trinajstić information content (AvgIpc) is 2.87. The molecule has 0 fully saturated rings. The first-order chi connectivity index (χ1) is 16.7. The third-order valence-corrected chi connectivity index (χ3v) is 7.71. The molecule has 0 spiro atoms. The van der Waals surface area contributed by atoms with Gasteiger partial charge in [-0.15, -0.1) is 0 Å². The summed E-state index contributed by atoms with van der Waals surface area (Å²) in [4.78, 5) is 13.4. The fourth-order valence-electron chi connectivity index (χ4n) is 3.87. The predicted molar refractivity (Wildman–Crippen MR) is 133 cm³/mol. The Hall–Kier alpha value is -3.43. The first-order valence-corrected chi connectivity index (χ1v) is 12.6. The molecule has 0 saturated carbocycles. The van der Waals surface area contributed by atoms with Crippen LogP contribution in [0.15, 0.2) is 71.6 Å². The molecule has 35 heavy (non-hydrogen) atoms. The molecule has 184 valence electrons. The summed E-state index contributed by atoms with van der Waals surface area (Å²) in [5.41, 5.74) is 0.977. The highest BCUT2D eigenvalue weighted by atomic mass is 35.5. The Labute approximate surface area is 209 Å². The summed E-state index contributed by atoms with van der Waals surface area (Å²) in [5, 5.41) is 3.25. The first kappa shape index (κ1) is 24.7. The van der Waals surface area contributed by atoms with Gasteiger partial charge in [0, 0.05) is 10.6 Å². The molecule has 1 aliphatic heterocycles. The lowest BCUT2D eigenvalue weighted by Crippen LogP contribution is -2.51. The SMILES string of the molecule is COc1ccc(OC)c([C@H](C)NC(=O)[C@H]2CN(S(=O)(=O)c3ccccc3)c3cc(Cl)ccc3O2)c1. The van der Waals surface area contributed by atoms with E-state index in [4.69, 9.17) is 25.8 Å². The molecule has 1 N–H and O–H groups in total. The Morgan fingerprint density at radius 3 is 2.51 bits per heavy atom. The number of rotatable bonds is 7. The van der Waals surface area contributed by atoms with Crippen LogP contribution in [0.5, 0.6) is 17.2 Å². The number of sulfonamides is 1. The number of nitrogens with zero attached hydrogens (tertiary/aromatic N) is 1. The van der Waals surface area contributed by atoms with Crippen LogP contribution in [-0.2, 0) is 14.8 Å². The van der Waals surface area contributed by atoms with Gasteiger partial charge in [-0.05, 0) is 55.5 Å². The van der Waals surface area contributed by atoms with Crippen LogP contribution in [0.2, 0.25) is 5.02 Å². The van der Waals surface area contributed by atoms with Crippen molar-refractivity contribution in [3.8, 4) is 17.2 Å². The maximum atomic E-state index is 13.5. The standard InChI is InChI=1S/C25H25ClN2O6S/c1-16(20-14-18(32-2)10-12-22(20)33-3)27-25(29)24-15-28(21-13-17(26)9-11-23(21)34-24)35(30,31)19-7-5-4-6-8-19/h4-14,16,24H,15H2,1-3H3,(H,27,29)/t16-,24+/m0/s1. The van der Waals surface area contributed by atoms with Crippen LogP contribution < -0.4 is 23.8 Å². The van der Waals surface area contributed by atoms with Gasteiger partial charge in [0.1, 0.15) is 17.2 Å². The molecule has 1 amide bonds. The van der Waals surface area contributed by atoms with E-state index in [0.29, 0.717) is 22.1 Å². The number of halogens is 1. The Morgan fingerprint density at radius 2 is 1.83 bits per heavy atom. The summed E-state index contributed by atoms with van der Waals surface area (Å²) in [6.45, 7) is 1.57. The Morgan fingerprint density at radius 1 is 1.09 bits per heavy atom. The predicted octanol–water partition coefficient (Wildman–Crippen LogP) is 4.19. The minimum absolute atomic E-state index is 0.0986. The number of methoxy groups -OCH3 is 2. The van der Waals surface area contributed by atoms with E-state index in [1.807, 2.05) is 0 Å². The van der Waals surface area contributed by atoms with Crippen LogP contribution in [0.4, 0.5) is 5.69 Å². The molecule has 0 bridgehead atoms. The summed E-state index contributed by atoms with van der Waals surface area (Å²) in [6, 6.07) is 17.5. The van der Waals surface area contributed by atoms with E-state index in [2.05, 4.69) is 5.32 Å². The van der Waals surface area contributed by atoms with Crippen molar-refractivity contribution < 1.29 is 27.4 Å². The van der Waals surface area contributed by atoms with Gasteiger partial charge in [0.05, 0.1) is 37.4 Å². The molecule has 3 aromatic carbocycles. The Kier molecular flexibility index (Phi) is 7.09. The van der Waals surface area contributed by atoms with Crippen molar-refractivity contribution in [3.05, 3.63) is 77.3 Å². The quantitative estimate of drug-likeness (QED) is 0.506. The molecular formula is C25H25ClN2O6S. The minimum Gasteiger partial charge on any atom is -0.497 e. The largest absolute Gasteiger partial charge is 0.497 e. The normalized spacial score (nSPS) is 16.0. The number of carbonyl (C=O) groups excluding carboxylic acids is 1. The molecule has 2 atom stereocenters. The smallest absolute Gasteiger partial charge is 0.264 e. The lowest BCUT2D eigenvalue weighted by molar-refractivity contribution is -0.128. The van der Waals surface area contributed by atoms with Crippen molar-refractivity contribution in [1.82, 2.24) is 5.32 Å². The van der Waals surface area contributed by atoms with Crippen LogP contribution in [0.25, 0.3) is 0 Å². The van der Waals surface area contributed by atoms with Gasteiger partial charge < -0.3 is 19.5 Å². The zero-order valence-corrected chi connectivity index (χ0v) is 21.0. The lowest BCUT2D eigenvalue weighted by atomic mass is 10.1. The Balaban J connectivity index is 1.64. The van der Waals surface area contributed by atoms with Crippen molar-refractivity contribution in [2.75, 3.05) is 25.1 Å². The lowest BCUT2D eigenvalue weighted by Gasteiger charge is -2.35. The summed E-state index contributed by atoms with van der Waals surface area (Å²) in [6.07, 6.45) is -1.10. The second kappa shape index (κ2) is 10.1. The molecule has 10 heteroatoms. The van der Waals surface area contributed by atoms with Gasteiger partial charge in [0.15, 0.2) is 6.10 Å². The van der Waals surface area contributed by atoms with E-state index in [-0.39, 0.29) is 22.9 Å². The second-order valence-corrected chi connectivity index (χ2v) is 10.2. The number of anilines is 1. The topological polar surface area (TPSA) is 94.2 Å². The number of amides is 1. The highest BCUT2D eigenvalue weighted by Crippen LogP contribution is 2.39. The van der Waals surface area contributed by atoms with Crippen LogP contribution >= 0.6 is 11.6 Å². The summed E-state index contributed by atoms with van der Waals surface area (Å²) < 4.78 is 44.8. The van der Waals surface area contributed by atoms with Gasteiger partial charge in [-0.1, -0.05) is 29.8 Å². The second-order valence-electron chi connectivity index (χ2n) is 7.91. The number of benzene rings is 3. The van der Waals surface area contributed by atoms with E-state index in [9.17, 15) is 13.2 Å². The van der Waals surface area contributed by atoms with Crippen LogP contribution in [0.3, 0.4) is 0 Å². The molecule has 0 unspecified atom stereocenters. The summed E-state index contributed by atoms with van der Waals surface area (Å²) >= 11 is 6.15. The third kappa shape index (κ3) is 5.01. The number of ether oxygens (including phenoxy) is 3. The first-order valence-electron chi connectivity index (χ1n) is 10.8. The molecule has 1 aliphatic rings. The van der Waals surface area contributed by atoms with Crippen molar-refractivity contribution >= 4 is 33.2 Å². The molecule has 1 heterocycles. The molecule has 3 aromatic rings. The molecule has 4 rings (SSSR count). The van der Waals surface area contributed by atoms with E-state index in [0.717, 1.165) is 4.31 Å². The average molecular weight is 517 g/mol. The van der Waals surface area contributed by atoms with Gasteiger partial charge in [0.2, 0.25) is 0 Å². The fraction of sp³-hybridized carbons (Fsp3) is 0.240. The number of fused-ring (bicyclic) bond motifs is 1. The number of hydrogen-bond acceptors (Lipinski definition) is 6. The molecule has 8 nitrogen and oxygen atoms in total. The minimum atomic E-state index is -3.98. The van der Waals surface area contributed by atoms with Crippen LogP contribution in [0, 0.1) is 0 Å². The van der Waals surface area contributed by atoms with Gasteiger partial charge in [-0.3, -0.25) is 9.10 Å². The maximum absolute atomic E-state index is 13.5.